The largest absolute Gasteiger partial charge is 0.356 e. The molecule has 0 aliphatic carbocycles. The molecule has 0 spiro atoms. The topological polar surface area (TPSA) is 66.5 Å². The first-order chi connectivity index (χ1) is 8.60. The second-order valence-corrected chi connectivity index (χ2v) is 5.31. The molecule has 0 aromatic rings. The van der Waals surface area contributed by atoms with Crippen LogP contribution in [-0.2, 0) is 14.4 Å². The van der Waals surface area contributed by atoms with E-state index in [2.05, 4.69) is 12.2 Å². The molecule has 1 saturated heterocycles. The molecule has 1 rings (SSSR count). The number of hydrogen-bond donors (Lipinski definition) is 1. The number of imide groups is 1. The highest BCUT2D eigenvalue weighted by molar-refractivity contribution is 8.00. The summed E-state index contributed by atoms with van der Waals surface area (Å²) in [6, 6.07) is 0. The summed E-state index contributed by atoms with van der Waals surface area (Å²) >= 11 is 1.39. The number of likely N-dealkylation sites (tertiary alicyclic amines) is 1. The number of amides is 3. The molecule has 1 atom stereocenters. The van der Waals surface area contributed by atoms with Crippen LogP contribution in [0.15, 0.2) is 0 Å². The lowest BCUT2D eigenvalue weighted by molar-refractivity contribution is -0.138. The van der Waals surface area contributed by atoms with Crippen LogP contribution >= 0.6 is 11.8 Å². The molecule has 0 bridgehead atoms. The molecular weight excluding hydrogens is 252 g/mol. The van der Waals surface area contributed by atoms with E-state index in [1.807, 2.05) is 6.26 Å². The maximum absolute atomic E-state index is 11.8. The zero-order valence-corrected chi connectivity index (χ0v) is 11.7. The van der Waals surface area contributed by atoms with Crippen LogP contribution in [0.3, 0.4) is 0 Å². The van der Waals surface area contributed by atoms with Crippen molar-refractivity contribution in [2.45, 2.75) is 37.9 Å². The Morgan fingerprint density at radius 3 is 2.78 bits per heavy atom. The SMILES string of the molecule is CCCCNC(=O)CCN1C(=O)CC(SC)C1=O. The van der Waals surface area contributed by atoms with Crippen LogP contribution in [0, 0.1) is 0 Å². The lowest BCUT2D eigenvalue weighted by Gasteiger charge is -2.14. The first kappa shape index (κ1) is 15.0. The molecule has 1 heterocycles. The van der Waals surface area contributed by atoms with Gasteiger partial charge in [-0.05, 0) is 12.7 Å². The van der Waals surface area contributed by atoms with Crippen molar-refractivity contribution >= 4 is 29.5 Å². The van der Waals surface area contributed by atoms with Crippen LogP contribution in [0.2, 0.25) is 0 Å². The van der Waals surface area contributed by atoms with Gasteiger partial charge in [0.15, 0.2) is 0 Å². The van der Waals surface area contributed by atoms with Gasteiger partial charge in [0.25, 0.3) is 0 Å². The molecule has 1 unspecified atom stereocenters. The van der Waals surface area contributed by atoms with Gasteiger partial charge in [-0.2, -0.15) is 11.8 Å². The van der Waals surface area contributed by atoms with E-state index in [1.165, 1.54) is 16.7 Å². The highest BCUT2D eigenvalue weighted by Crippen LogP contribution is 2.22. The molecule has 5 nitrogen and oxygen atoms in total. The Labute approximate surface area is 112 Å². The zero-order chi connectivity index (χ0) is 13.5. The van der Waals surface area contributed by atoms with Gasteiger partial charge in [-0.15, -0.1) is 0 Å². The fraction of sp³-hybridized carbons (Fsp3) is 0.750. The van der Waals surface area contributed by atoms with Crippen LogP contribution < -0.4 is 5.32 Å². The van der Waals surface area contributed by atoms with Crippen molar-refractivity contribution in [2.24, 2.45) is 0 Å². The molecule has 0 aromatic heterocycles. The second kappa shape index (κ2) is 7.41. The van der Waals surface area contributed by atoms with E-state index < -0.39 is 0 Å². The Hall–Kier alpha value is -1.04. The van der Waals surface area contributed by atoms with Gasteiger partial charge in [0.2, 0.25) is 17.7 Å². The molecule has 0 radical (unpaired) electrons. The van der Waals surface area contributed by atoms with Crippen molar-refractivity contribution < 1.29 is 14.4 Å². The summed E-state index contributed by atoms with van der Waals surface area (Å²) in [4.78, 5) is 36.0. The Kier molecular flexibility index (Phi) is 6.18. The number of unbranched alkanes of at least 4 members (excludes halogenated alkanes) is 1. The van der Waals surface area contributed by atoms with Gasteiger partial charge in [-0.25, -0.2) is 0 Å². The second-order valence-electron chi connectivity index (χ2n) is 4.27. The monoisotopic (exact) mass is 272 g/mol. The van der Waals surface area contributed by atoms with Crippen molar-refractivity contribution in [1.29, 1.82) is 0 Å². The number of carbonyl (C=O) groups is 3. The van der Waals surface area contributed by atoms with E-state index in [4.69, 9.17) is 0 Å². The smallest absolute Gasteiger partial charge is 0.242 e. The van der Waals surface area contributed by atoms with Crippen LogP contribution in [0.1, 0.15) is 32.6 Å². The summed E-state index contributed by atoms with van der Waals surface area (Å²) in [5, 5.41) is 2.51. The number of nitrogens with one attached hydrogen (secondary N) is 1. The molecule has 0 saturated carbocycles. The lowest BCUT2D eigenvalue weighted by Crippen LogP contribution is -2.35. The zero-order valence-electron chi connectivity index (χ0n) is 10.9. The summed E-state index contributed by atoms with van der Waals surface area (Å²) < 4.78 is 0. The summed E-state index contributed by atoms with van der Waals surface area (Å²) in [5.74, 6) is -0.425. The number of carbonyl (C=O) groups excluding carboxylic acids is 3. The van der Waals surface area contributed by atoms with Gasteiger partial charge in [0.1, 0.15) is 0 Å². The van der Waals surface area contributed by atoms with E-state index in [0.717, 1.165) is 12.8 Å². The summed E-state index contributed by atoms with van der Waals surface area (Å²) in [6.45, 7) is 2.91. The average Bonchev–Trinajstić information content (AvgIpc) is 2.62. The van der Waals surface area contributed by atoms with Gasteiger partial charge in [0.05, 0.1) is 5.25 Å². The lowest BCUT2D eigenvalue weighted by atomic mass is 10.3. The molecule has 6 heteroatoms. The van der Waals surface area contributed by atoms with Crippen molar-refractivity contribution in [3.63, 3.8) is 0 Å². The number of rotatable bonds is 7. The summed E-state index contributed by atoms with van der Waals surface area (Å²) in [7, 11) is 0. The molecule has 3 amide bonds. The Bertz CT molecular complexity index is 333. The van der Waals surface area contributed by atoms with Gasteiger partial charge >= 0.3 is 0 Å². The molecule has 1 aliphatic heterocycles. The summed E-state index contributed by atoms with van der Waals surface area (Å²) in [6.07, 6.45) is 4.25. The van der Waals surface area contributed by atoms with Gasteiger partial charge < -0.3 is 5.32 Å². The predicted octanol–water partition coefficient (Wildman–Crippen LogP) is 0.783. The Morgan fingerprint density at radius 2 is 2.22 bits per heavy atom. The minimum absolute atomic E-state index is 0.100. The predicted molar refractivity (Wildman–Crippen MR) is 71.2 cm³/mol. The first-order valence-electron chi connectivity index (χ1n) is 6.23. The highest BCUT2D eigenvalue weighted by Gasteiger charge is 2.37. The van der Waals surface area contributed by atoms with E-state index in [-0.39, 0.29) is 42.4 Å². The number of nitrogens with zero attached hydrogens (tertiary/aromatic N) is 1. The minimum atomic E-state index is -0.263. The highest BCUT2D eigenvalue weighted by atomic mass is 32.2. The normalized spacial score (nSPS) is 19.4. The molecule has 102 valence electrons. The van der Waals surface area contributed by atoms with Crippen molar-refractivity contribution in [2.75, 3.05) is 19.3 Å². The van der Waals surface area contributed by atoms with E-state index in [1.54, 1.807) is 0 Å². The first-order valence-corrected chi connectivity index (χ1v) is 7.52. The molecule has 1 aliphatic rings. The third kappa shape index (κ3) is 4.01. The standard InChI is InChI=1S/C12H20N2O3S/c1-3-4-6-13-10(15)5-7-14-11(16)8-9(18-2)12(14)17/h9H,3-8H2,1-2H3,(H,13,15). The van der Waals surface area contributed by atoms with Gasteiger partial charge in [-0.3, -0.25) is 19.3 Å². The number of hydrogen-bond acceptors (Lipinski definition) is 4. The maximum Gasteiger partial charge on any atom is 0.242 e. The van der Waals surface area contributed by atoms with Crippen LogP contribution in [0.5, 0.6) is 0 Å². The van der Waals surface area contributed by atoms with E-state index in [0.29, 0.717) is 6.54 Å². The molecular formula is C12H20N2O3S. The molecule has 1 fully saturated rings. The van der Waals surface area contributed by atoms with Gasteiger partial charge in [0, 0.05) is 25.9 Å². The Balaban J connectivity index is 2.32. The fourth-order valence-electron chi connectivity index (χ4n) is 1.78. The molecule has 0 aromatic carbocycles. The fourth-order valence-corrected chi connectivity index (χ4v) is 2.42. The quantitative estimate of drug-likeness (QED) is 0.549. The van der Waals surface area contributed by atoms with Crippen molar-refractivity contribution in [3.8, 4) is 0 Å². The van der Waals surface area contributed by atoms with Crippen LogP contribution in [0.4, 0.5) is 0 Å². The van der Waals surface area contributed by atoms with E-state index in [9.17, 15) is 14.4 Å². The van der Waals surface area contributed by atoms with Gasteiger partial charge in [-0.1, -0.05) is 13.3 Å². The third-order valence-corrected chi connectivity index (χ3v) is 3.84. The van der Waals surface area contributed by atoms with Crippen LogP contribution in [0.25, 0.3) is 0 Å². The van der Waals surface area contributed by atoms with E-state index >= 15 is 0 Å². The molecule has 18 heavy (non-hydrogen) atoms. The average molecular weight is 272 g/mol. The summed E-state index contributed by atoms with van der Waals surface area (Å²) in [5.41, 5.74) is 0. The van der Waals surface area contributed by atoms with Crippen molar-refractivity contribution in [1.82, 2.24) is 10.2 Å². The minimum Gasteiger partial charge on any atom is -0.356 e. The van der Waals surface area contributed by atoms with Crippen LogP contribution in [-0.4, -0.2) is 47.2 Å². The third-order valence-electron chi connectivity index (χ3n) is 2.90. The van der Waals surface area contributed by atoms with Crippen molar-refractivity contribution in [3.05, 3.63) is 0 Å². The Morgan fingerprint density at radius 1 is 1.50 bits per heavy atom. The number of thioether (sulfide) groups is 1. The maximum atomic E-state index is 11.8. The molecule has 1 N–H and O–H groups in total.